The van der Waals surface area contributed by atoms with Crippen LogP contribution in [0.4, 0.5) is 4.39 Å². The molecule has 0 spiro atoms. The van der Waals surface area contributed by atoms with Crippen LogP contribution in [0.5, 0.6) is 0 Å². The molecule has 1 aliphatic heterocycles. The summed E-state index contributed by atoms with van der Waals surface area (Å²) in [6.45, 7) is 6.07. The average molecular weight is 495 g/mol. The van der Waals surface area contributed by atoms with Gasteiger partial charge in [-0.25, -0.2) is 4.39 Å². The van der Waals surface area contributed by atoms with Crippen molar-refractivity contribution in [2.75, 3.05) is 6.54 Å². The topological polar surface area (TPSA) is 75.2 Å². The van der Waals surface area contributed by atoms with Crippen LogP contribution in [-0.4, -0.2) is 45.7 Å². The minimum atomic E-state index is -1.22. The summed E-state index contributed by atoms with van der Waals surface area (Å²) in [5.74, 6) is -0.180. The zero-order chi connectivity index (χ0) is 24.9. The van der Waals surface area contributed by atoms with Gasteiger partial charge in [0.15, 0.2) is 0 Å². The molecule has 1 fully saturated rings. The van der Waals surface area contributed by atoms with Gasteiger partial charge in [-0.2, -0.15) is 0 Å². The molecule has 1 aromatic heterocycles. The lowest BCUT2D eigenvalue weighted by atomic mass is 9.95. The minimum absolute atomic E-state index is 0.00326. The fraction of sp³-hybridized carbons (Fsp3) is 0.407. The van der Waals surface area contributed by atoms with Crippen molar-refractivity contribution >= 4 is 23.2 Å². The Labute approximate surface area is 209 Å². The second-order valence-electron chi connectivity index (χ2n) is 9.28. The van der Waals surface area contributed by atoms with Gasteiger partial charge in [-0.3, -0.25) is 9.59 Å². The summed E-state index contributed by atoms with van der Waals surface area (Å²) in [7, 11) is 0. The van der Waals surface area contributed by atoms with Crippen LogP contribution in [0.1, 0.15) is 65.4 Å². The fourth-order valence-electron chi connectivity index (χ4n) is 4.42. The Balaban J connectivity index is 1.51. The summed E-state index contributed by atoms with van der Waals surface area (Å²) in [6, 6.07) is 16.6. The second-order valence-corrected chi connectivity index (χ2v) is 10.5. The Morgan fingerprint density at radius 1 is 1.06 bits per heavy atom. The van der Waals surface area contributed by atoms with Gasteiger partial charge in [-0.15, -0.1) is 21.5 Å². The van der Waals surface area contributed by atoms with Crippen LogP contribution >= 0.6 is 11.3 Å². The van der Waals surface area contributed by atoms with E-state index in [1.54, 1.807) is 0 Å². The van der Waals surface area contributed by atoms with Crippen molar-refractivity contribution in [2.24, 2.45) is 0 Å². The van der Waals surface area contributed by atoms with Crippen molar-refractivity contribution in [1.82, 2.24) is 20.4 Å². The number of hydrogen-bond donors (Lipinski definition) is 1. The molecular weight excluding hydrogens is 463 g/mol. The molecule has 2 amide bonds. The molecule has 3 aromatic rings. The van der Waals surface area contributed by atoms with Gasteiger partial charge >= 0.3 is 0 Å². The number of aromatic nitrogens is 2. The van der Waals surface area contributed by atoms with E-state index in [1.165, 1.54) is 21.8 Å². The molecule has 184 valence electrons. The number of benzene rings is 2. The zero-order valence-electron chi connectivity index (χ0n) is 20.3. The first-order chi connectivity index (χ1) is 16.8. The van der Waals surface area contributed by atoms with Crippen LogP contribution in [0.2, 0.25) is 0 Å². The number of amides is 2. The quantitative estimate of drug-likeness (QED) is 0.491. The number of alkyl halides is 1. The van der Waals surface area contributed by atoms with E-state index >= 15 is 0 Å². The van der Waals surface area contributed by atoms with E-state index in [2.05, 4.69) is 41.5 Å². The van der Waals surface area contributed by atoms with Crippen LogP contribution in [0.15, 0.2) is 54.6 Å². The average Bonchev–Trinajstić information content (AvgIpc) is 3.46. The number of nitrogens with one attached hydrogen (secondary N) is 1. The Morgan fingerprint density at radius 2 is 1.71 bits per heavy atom. The monoisotopic (exact) mass is 494 g/mol. The SMILES string of the molecule is Cc1nnc(CCC(=O)N2C[C@H](F)C[C@H]2C(=O)N[C@@H](c2ccccc2)c2ccc(C(C)C)cc2)s1. The van der Waals surface area contributed by atoms with Crippen LogP contribution in [0.25, 0.3) is 0 Å². The normalized spacial score (nSPS) is 18.6. The molecule has 1 N–H and O–H groups in total. The third-order valence-electron chi connectivity index (χ3n) is 6.35. The summed E-state index contributed by atoms with van der Waals surface area (Å²) >= 11 is 1.44. The standard InChI is InChI=1S/C27H31FN4O2S/c1-17(2)19-9-11-21(12-10-19)26(20-7-5-4-6-8-20)29-27(34)23-15-22(28)16-32(23)25(33)14-13-24-31-30-18(3)35-24/h4-12,17,22-23,26H,13-16H2,1-3H3,(H,29,34)/t22-,23+,26+/m1/s1. The molecule has 8 heteroatoms. The molecule has 6 nitrogen and oxygen atoms in total. The summed E-state index contributed by atoms with van der Waals surface area (Å²) in [5, 5.41) is 12.7. The highest BCUT2D eigenvalue weighted by Crippen LogP contribution is 2.27. The number of halogens is 1. The Bertz CT molecular complexity index is 1150. The first-order valence-electron chi connectivity index (χ1n) is 12.0. The van der Waals surface area contributed by atoms with E-state index in [0.29, 0.717) is 12.3 Å². The van der Waals surface area contributed by atoms with Crippen molar-refractivity contribution < 1.29 is 14.0 Å². The van der Waals surface area contributed by atoms with Crippen molar-refractivity contribution in [3.05, 3.63) is 81.3 Å². The van der Waals surface area contributed by atoms with Gasteiger partial charge in [0.2, 0.25) is 11.8 Å². The van der Waals surface area contributed by atoms with E-state index in [0.717, 1.165) is 21.1 Å². The van der Waals surface area contributed by atoms with E-state index in [-0.39, 0.29) is 31.2 Å². The molecule has 0 bridgehead atoms. The Kier molecular flexibility index (Phi) is 7.90. The van der Waals surface area contributed by atoms with Gasteiger partial charge in [0.05, 0.1) is 12.6 Å². The van der Waals surface area contributed by atoms with Gasteiger partial charge in [0.1, 0.15) is 22.2 Å². The fourth-order valence-corrected chi connectivity index (χ4v) is 5.13. The van der Waals surface area contributed by atoms with Crippen molar-refractivity contribution in [3.8, 4) is 0 Å². The molecule has 1 saturated heterocycles. The number of rotatable bonds is 8. The van der Waals surface area contributed by atoms with Gasteiger partial charge in [0.25, 0.3) is 0 Å². The van der Waals surface area contributed by atoms with Crippen LogP contribution in [0, 0.1) is 6.92 Å². The Morgan fingerprint density at radius 3 is 2.34 bits per heavy atom. The molecule has 3 atom stereocenters. The van der Waals surface area contributed by atoms with E-state index < -0.39 is 18.3 Å². The third kappa shape index (κ3) is 6.11. The molecule has 0 unspecified atom stereocenters. The maximum atomic E-state index is 14.4. The number of likely N-dealkylation sites (tertiary alicyclic amines) is 1. The van der Waals surface area contributed by atoms with Crippen molar-refractivity contribution in [2.45, 2.75) is 64.2 Å². The molecule has 0 radical (unpaired) electrons. The van der Waals surface area contributed by atoms with Gasteiger partial charge in [-0.1, -0.05) is 68.4 Å². The lowest BCUT2D eigenvalue weighted by molar-refractivity contribution is -0.138. The number of aryl methyl sites for hydroxylation is 2. The molecule has 2 heterocycles. The predicted octanol–water partition coefficient (Wildman–Crippen LogP) is 4.75. The third-order valence-corrected chi connectivity index (χ3v) is 7.25. The lowest BCUT2D eigenvalue weighted by Crippen LogP contribution is -2.47. The second kappa shape index (κ2) is 11.1. The highest BCUT2D eigenvalue weighted by molar-refractivity contribution is 7.11. The summed E-state index contributed by atoms with van der Waals surface area (Å²) < 4.78 is 14.4. The molecule has 4 rings (SSSR count). The number of carbonyl (C=O) groups excluding carboxylic acids is 2. The molecule has 35 heavy (non-hydrogen) atoms. The molecular formula is C27H31FN4O2S. The maximum absolute atomic E-state index is 14.4. The van der Waals surface area contributed by atoms with Crippen molar-refractivity contribution in [1.29, 1.82) is 0 Å². The molecule has 0 saturated carbocycles. The van der Waals surface area contributed by atoms with Crippen molar-refractivity contribution in [3.63, 3.8) is 0 Å². The minimum Gasteiger partial charge on any atom is -0.343 e. The Hall–Kier alpha value is -3.13. The van der Waals surface area contributed by atoms with Crippen LogP contribution in [-0.2, 0) is 16.0 Å². The van der Waals surface area contributed by atoms with Gasteiger partial charge < -0.3 is 10.2 Å². The van der Waals surface area contributed by atoms with Gasteiger partial charge in [-0.05, 0) is 29.5 Å². The number of carbonyl (C=O) groups is 2. The smallest absolute Gasteiger partial charge is 0.243 e. The predicted molar refractivity (Wildman–Crippen MR) is 135 cm³/mol. The highest BCUT2D eigenvalue weighted by atomic mass is 32.1. The first-order valence-corrected chi connectivity index (χ1v) is 12.8. The van der Waals surface area contributed by atoms with E-state index in [1.807, 2.05) is 49.4 Å². The zero-order valence-corrected chi connectivity index (χ0v) is 21.1. The molecule has 0 aliphatic carbocycles. The summed E-state index contributed by atoms with van der Waals surface area (Å²) in [5.41, 5.74) is 3.08. The van der Waals surface area contributed by atoms with E-state index in [4.69, 9.17) is 0 Å². The first kappa shape index (κ1) is 25.0. The molecule has 2 aromatic carbocycles. The summed E-state index contributed by atoms with van der Waals surface area (Å²) in [6.07, 6.45) is -0.618. The number of nitrogens with zero attached hydrogens (tertiary/aromatic N) is 3. The number of hydrogen-bond acceptors (Lipinski definition) is 5. The summed E-state index contributed by atoms with van der Waals surface area (Å²) in [4.78, 5) is 27.8. The van der Waals surface area contributed by atoms with E-state index in [9.17, 15) is 14.0 Å². The maximum Gasteiger partial charge on any atom is 0.243 e. The van der Waals surface area contributed by atoms with Crippen LogP contribution < -0.4 is 5.32 Å². The van der Waals surface area contributed by atoms with Gasteiger partial charge in [0, 0.05) is 19.3 Å². The highest BCUT2D eigenvalue weighted by Gasteiger charge is 2.40. The molecule has 1 aliphatic rings. The van der Waals surface area contributed by atoms with Crippen LogP contribution in [0.3, 0.4) is 0 Å². The largest absolute Gasteiger partial charge is 0.343 e. The lowest BCUT2D eigenvalue weighted by Gasteiger charge is -2.27.